The molecule has 2 aliphatic heterocycles. The van der Waals surface area contributed by atoms with E-state index in [1.807, 2.05) is 18.2 Å². The van der Waals surface area contributed by atoms with Crippen molar-refractivity contribution in [1.29, 1.82) is 0 Å². The molecule has 1 amide bonds. The van der Waals surface area contributed by atoms with Crippen LogP contribution >= 0.6 is 0 Å². The fourth-order valence-corrected chi connectivity index (χ4v) is 5.42. The molecule has 1 saturated heterocycles. The fraction of sp³-hybridized carbons (Fsp3) is 0.267. The minimum absolute atomic E-state index is 0.0940. The number of benzene rings is 2. The Hall–Kier alpha value is -4.70. The van der Waals surface area contributed by atoms with Gasteiger partial charge in [-0.2, -0.15) is 0 Å². The molecule has 4 heterocycles. The summed E-state index contributed by atoms with van der Waals surface area (Å²) in [5.74, 6) is -0.0201. The molecule has 1 unspecified atom stereocenters. The molecule has 0 N–H and O–H groups in total. The highest BCUT2D eigenvalue weighted by molar-refractivity contribution is 6.12. The second-order valence-corrected chi connectivity index (χ2v) is 10.1. The predicted molar refractivity (Wildman–Crippen MR) is 152 cm³/mol. The van der Waals surface area contributed by atoms with E-state index in [4.69, 9.17) is 13.8 Å². The van der Waals surface area contributed by atoms with Gasteiger partial charge in [0.15, 0.2) is 5.76 Å². The molecule has 4 aromatic rings. The van der Waals surface area contributed by atoms with Crippen LogP contribution in [0.15, 0.2) is 93.1 Å². The van der Waals surface area contributed by atoms with Crippen molar-refractivity contribution in [2.24, 2.45) is 4.99 Å². The van der Waals surface area contributed by atoms with Crippen LogP contribution in [0, 0.1) is 10.1 Å². The molecule has 0 bridgehead atoms. The first-order valence-corrected chi connectivity index (χ1v) is 13.3. The smallest absolute Gasteiger partial charge is 0.293 e. The van der Waals surface area contributed by atoms with Crippen LogP contribution in [0.1, 0.15) is 34.2 Å². The van der Waals surface area contributed by atoms with Crippen molar-refractivity contribution < 1.29 is 18.6 Å². The number of nitro benzene ring substituents is 1. The maximum absolute atomic E-state index is 13.4. The topological polar surface area (TPSA) is 109 Å². The van der Waals surface area contributed by atoms with Crippen LogP contribution < -0.4 is 9.80 Å². The summed E-state index contributed by atoms with van der Waals surface area (Å²) < 4.78 is 11.2. The lowest BCUT2D eigenvalue weighted by molar-refractivity contribution is -0.384. The van der Waals surface area contributed by atoms with E-state index < -0.39 is 4.92 Å². The number of non-ortho nitro benzene ring substituents is 1. The Bertz CT molecular complexity index is 1530. The molecule has 40 heavy (non-hydrogen) atoms. The molecule has 0 radical (unpaired) electrons. The van der Waals surface area contributed by atoms with Crippen LogP contribution in [0.4, 0.5) is 22.7 Å². The Kier molecular flexibility index (Phi) is 6.91. The number of anilines is 2. The van der Waals surface area contributed by atoms with Gasteiger partial charge in [0.05, 0.1) is 40.5 Å². The Morgan fingerprint density at radius 3 is 2.40 bits per heavy atom. The molecular weight excluding hydrogens is 510 g/mol. The average molecular weight is 540 g/mol. The maximum Gasteiger partial charge on any atom is 0.293 e. The quantitative estimate of drug-likeness (QED) is 0.181. The SMILES string of the molecule is CN1CCCN(c2ccc(N=C(c3ccco3)C3CN(C(=O)c4ccco4)c4cc([N+](=O)[O-])ccc43)cc2)CC1. The summed E-state index contributed by atoms with van der Waals surface area (Å²) in [6.07, 6.45) is 4.13. The molecule has 6 rings (SSSR count). The van der Waals surface area contributed by atoms with Crippen LogP contribution in [0.2, 0.25) is 0 Å². The van der Waals surface area contributed by atoms with Crippen molar-refractivity contribution in [2.75, 3.05) is 49.6 Å². The first-order valence-electron chi connectivity index (χ1n) is 13.3. The maximum atomic E-state index is 13.4. The van der Waals surface area contributed by atoms with Gasteiger partial charge < -0.3 is 23.5 Å². The van der Waals surface area contributed by atoms with Gasteiger partial charge in [-0.3, -0.25) is 14.9 Å². The zero-order valence-corrected chi connectivity index (χ0v) is 22.1. The molecule has 2 aromatic carbocycles. The van der Waals surface area contributed by atoms with E-state index in [0.29, 0.717) is 17.2 Å². The van der Waals surface area contributed by atoms with Crippen LogP contribution in [-0.2, 0) is 0 Å². The molecule has 10 heteroatoms. The molecule has 2 aromatic heterocycles. The van der Waals surface area contributed by atoms with Crippen molar-refractivity contribution in [2.45, 2.75) is 12.3 Å². The number of aliphatic imine (C=N–C) groups is 1. The van der Waals surface area contributed by atoms with Gasteiger partial charge >= 0.3 is 0 Å². The lowest BCUT2D eigenvalue weighted by Crippen LogP contribution is -2.31. The van der Waals surface area contributed by atoms with Gasteiger partial charge in [-0.1, -0.05) is 0 Å². The molecule has 1 fully saturated rings. The Labute approximate surface area is 231 Å². The lowest BCUT2D eigenvalue weighted by Gasteiger charge is -2.23. The average Bonchev–Trinajstić information content (AvgIpc) is 3.73. The minimum Gasteiger partial charge on any atom is -0.463 e. The van der Waals surface area contributed by atoms with Crippen molar-refractivity contribution in [3.8, 4) is 0 Å². The summed E-state index contributed by atoms with van der Waals surface area (Å²) in [6.45, 7) is 4.33. The van der Waals surface area contributed by atoms with Gasteiger partial charge in [-0.25, -0.2) is 4.99 Å². The fourth-order valence-electron chi connectivity index (χ4n) is 5.42. The van der Waals surface area contributed by atoms with E-state index in [1.165, 1.54) is 23.3 Å². The number of rotatable bonds is 6. The number of carbonyl (C=O) groups is 1. The minimum atomic E-state index is -0.464. The molecular formula is C30H29N5O5. The number of amides is 1. The van der Waals surface area contributed by atoms with E-state index in [0.717, 1.165) is 49.5 Å². The van der Waals surface area contributed by atoms with Crippen molar-refractivity contribution in [3.05, 3.63) is 106 Å². The second kappa shape index (κ2) is 10.8. The molecule has 0 spiro atoms. The third kappa shape index (κ3) is 5.01. The summed E-state index contributed by atoms with van der Waals surface area (Å²) in [6, 6.07) is 19.6. The monoisotopic (exact) mass is 539 g/mol. The standard InChI is InChI=1S/C30H29N5O5/c1-32-13-4-14-33(16-15-32)22-9-7-21(8-10-22)31-29(27-5-2-17-39-27)25-20-34(30(36)28-6-3-18-40-28)26-19-23(35(37)38)11-12-24(25)26/h2-3,5-12,17-19,25H,4,13-16,20H2,1H3. The highest BCUT2D eigenvalue weighted by atomic mass is 16.6. The summed E-state index contributed by atoms with van der Waals surface area (Å²) in [7, 11) is 2.15. The lowest BCUT2D eigenvalue weighted by atomic mass is 9.94. The number of furan rings is 2. The Morgan fingerprint density at radius 2 is 1.70 bits per heavy atom. The summed E-state index contributed by atoms with van der Waals surface area (Å²) in [5.41, 5.74) is 3.67. The molecule has 1 atom stereocenters. The normalized spacial score (nSPS) is 18.0. The first-order chi connectivity index (χ1) is 19.5. The predicted octanol–water partition coefficient (Wildman–Crippen LogP) is 5.49. The van der Waals surface area contributed by atoms with Crippen LogP contribution in [-0.4, -0.2) is 61.2 Å². The van der Waals surface area contributed by atoms with E-state index in [9.17, 15) is 14.9 Å². The highest BCUT2D eigenvalue weighted by Crippen LogP contribution is 2.42. The third-order valence-electron chi connectivity index (χ3n) is 7.52. The summed E-state index contributed by atoms with van der Waals surface area (Å²) in [5, 5.41) is 11.6. The van der Waals surface area contributed by atoms with Crippen molar-refractivity contribution in [3.63, 3.8) is 0 Å². The molecule has 10 nitrogen and oxygen atoms in total. The molecule has 204 valence electrons. The van der Waals surface area contributed by atoms with E-state index in [2.05, 4.69) is 29.0 Å². The summed E-state index contributed by atoms with van der Waals surface area (Å²) >= 11 is 0. The van der Waals surface area contributed by atoms with Gasteiger partial charge in [0, 0.05) is 44.0 Å². The Morgan fingerprint density at radius 1 is 0.950 bits per heavy atom. The van der Waals surface area contributed by atoms with Gasteiger partial charge in [0.25, 0.3) is 11.6 Å². The number of fused-ring (bicyclic) bond motifs is 1. The zero-order chi connectivity index (χ0) is 27.6. The second-order valence-electron chi connectivity index (χ2n) is 10.1. The largest absolute Gasteiger partial charge is 0.463 e. The number of nitro groups is 1. The number of likely N-dealkylation sites (N-methyl/N-ethyl adjacent to an activating group) is 1. The van der Waals surface area contributed by atoms with Crippen LogP contribution in [0.25, 0.3) is 0 Å². The van der Waals surface area contributed by atoms with E-state index in [-0.39, 0.29) is 29.8 Å². The highest BCUT2D eigenvalue weighted by Gasteiger charge is 2.39. The molecule has 0 saturated carbocycles. The summed E-state index contributed by atoms with van der Waals surface area (Å²) in [4.78, 5) is 35.8. The number of carbonyl (C=O) groups excluding carboxylic acids is 1. The van der Waals surface area contributed by atoms with Gasteiger partial charge in [0.1, 0.15) is 5.76 Å². The number of hydrogen-bond acceptors (Lipinski definition) is 8. The van der Waals surface area contributed by atoms with E-state index in [1.54, 1.807) is 30.5 Å². The Balaban J connectivity index is 1.37. The van der Waals surface area contributed by atoms with Gasteiger partial charge in [-0.05, 0) is 80.2 Å². The van der Waals surface area contributed by atoms with Crippen molar-refractivity contribution in [1.82, 2.24) is 4.90 Å². The van der Waals surface area contributed by atoms with Crippen molar-refractivity contribution >= 4 is 34.4 Å². The van der Waals surface area contributed by atoms with Crippen LogP contribution in [0.5, 0.6) is 0 Å². The van der Waals surface area contributed by atoms with Crippen LogP contribution in [0.3, 0.4) is 0 Å². The van der Waals surface area contributed by atoms with E-state index >= 15 is 0 Å². The molecule has 0 aliphatic carbocycles. The third-order valence-corrected chi connectivity index (χ3v) is 7.52. The number of nitrogens with zero attached hydrogens (tertiary/aromatic N) is 5. The molecule has 2 aliphatic rings. The van der Waals surface area contributed by atoms with Gasteiger partial charge in [-0.15, -0.1) is 0 Å². The first kappa shape index (κ1) is 25.6. The van der Waals surface area contributed by atoms with Gasteiger partial charge in [0.2, 0.25) is 0 Å². The zero-order valence-electron chi connectivity index (χ0n) is 22.1. The number of hydrogen-bond donors (Lipinski definition) is 0.